The van der Waals surface area contributed by atoms with E-state index in [0.717, 1.165) is 55.2 Å². The number of allylic oxidation sites excluding steroid dienone is 2. The number of nitrogens with zero attached hydrogens (tertiary/aromatic N) is 4. The minimum atomic E-state index is -0.0543. The summed E-state index contributed by atoms with van der Waals surface area (Å²) >= 11 is 0. The van der Waals surface area contributed by atoms with Crippen LogP contribution in [0.3, 0.4) is 0 Å². The summed E-state index contributed by atoms with van der Waals surface area (Å²) in [6.45, 7) is -0.109. The Morgan fingerprint density at radius 2 is 0.944 bits per heavy atom. The van der Waals surface area contributed by atoms with Crippen LogP contribution in [0, 0.1) is 22.7 Å². The minimum absolute atomic E-state index is 0.0543. The highest BCUT2D eigenvalue weighted by atomic mass is 16.7. The van der Waals surface area contributed by atoms with Gasteiger partial charge in [-0.05, 0) is 81.2 Å². The molecule has 0 aliphatic heterocycles. The quantitative estimate of drug-likeness (QED) is 0.0664. The number of methoxy groups -OCH3 is 2. The summed E-state index contributed by atoms with van der Waals surface area (Å²) in [7, 11) is 11.2. The van der Waals surface area contributed by atoms with Crippen molar-refractivity contribution in [2.24, 2.45) is 0 Å². The first-order valence-corrected chi connectivity index (χ1v) is 17.4. The van der Waals surface area contributed by atoms with E-state index in [4.69, 9.17) is 18.9 Å². The molecule has 6 aromatic rings. The molecule has 0 saturated carbocycles. The highest BCUT2D eigenvalue weighted by Gasteiger charge is 2.25. The van der Waals surface area contributed by atoms with Gasteiger partial charge in [0.05, 0.1) is 23.3 Å². The number of ether oxygens (including phenoxy) is 4. The lowest BCUT2D eigenvalue weighted by atomic mass is 9.87. The van der Waals surface area contributed by atoms with Gasteiger partial charge >= 0.3 is 0 Å². The molecule has 0 saturated heterocycles. The van der Waals surface area contributed by atoms with Crippen molar-refractivity contribution in [1.82, 2.24) is 0 Å². The van der Waals surface area contributed by atoms with Crippen molar-refractivity contribution < 1.29 is 18.9 Å². The van der Waals surface area contributed by atoms with Gasteiger partial charge in [0.2, 0.25) is 0 Å². The number of fused-ring (bicyclic) bond motifs is 2. The number of anilines is 2. The first-order valence-electron chi connectivity index (χ1n) is 17.4. The minimum Gasteiger partial charge on any atom is -0.466 e. The fourth-order valence-corrected chi connectivity index (χ4v) is 6.49. The first kappa shape index (κ1) is 37.2. The standard InChI is InChI=1S/C46H42N4O4/c1-49(2)39-19-17-33-21-35(23-37(27-47)31-13-9-7-10-14-31)45(53-29-51-5)43(41(33)25-39)44-42-26-40(50(3)4)20-18-34(42)22-36(46(44)54-30-52-6)24-38(28-48)32-15-11-8-12-16-32/h7-26H,29-30H2,1-6H3/b37-23+,38-24+. The van der Waals surface area contributed by atoms with E-state index in [1.54, 1.807) is 14.2 Å². The normalized spacial score (nSPS) is 11.6. The topological polar surface area (TPSA) is 91.0 Å². The Bertz CT molecular complexity index is 2270. The lowest BCUT2D eigenvalue weighted by molar-refractivity contribution is 0.0500. The van der Waals surface area contributed by atoms with E-state index in [2.05, 4.69) is 58.3 Å². The third-order valence-corrected chi connectivity index (χ3v) is 9.15. The van der Waals surface area contributed by atoms with Gasteiger partial charge in [-0.2, -0.15) is 10.5 Å². The molecule has 6 aromatic carbocycles. The molecule has 0 aliphatic carbocycles. The van der Waals surface area contributed by atoms with Gasteiger partial charge in [0.15, 0.2) is 13.6 Å². The lowest BCUT2D eigenvalue weighted by Crippen LogP contribution is -2.10. The van der Waals surface area contributed by atoms with E-state index in [1.807, 2.05) is 113 Å². The van der Waals surface area contributed by atoms with Crippen LogP contribution in [0.2, 0.25) is 0 Å². The van der Waals surface area contributed by atoms with Crippen molar-refractivity contribution >= 4 is 56.2 Å². The predicted molar refractivity (Wildman–Crippen MR) is 220 cm³/mol. The third-order valence-electron chi connectivity index (χ3n) is 9.15. The molecule has 0 unspecified atom stereocenters. The smallest absolute Gasteiger partial charge is 0.188 e. The molecule has 0 spiro atoms. The van der Waals surface area contributed by atoms with Crippen LogP contribution in [0.25, 0.3) is 56.0 Å². The largest absolute Gasteiger partial charge is 0.466 e. The van der Waals surface area contributed by atoms with Gasteiger partial charge < -0.3 is 28.7 Å². The fourth-order valence-electron chi connectivity index (χ4n) is 6.49. The summed E-state index contributed by atoms with van der Waals surface area (Å²) in [5, 5.41) is 24.5. The van der Waals surface area contributed by atoms with Gasteiger partial charge in [0.25, 0.3) is 0 Å². The highest BCUT2D eigenvalue weighted by Crippen LogP contribution is 2.51. The van der Waals surface area contributed by atoms with Crippen LogP contribution in [0.5, 0.6) is 11.5 Å². The SMILES string of the molecule is COCOc1c(/C=C(\C#N)c2ccccc2)cc2ccc(N(C)C)cc2c1-c1c(OCOC)c(/C=C(\C#N)c2ccccc2)cc2ccc(N(C)C)cc12. The average molecular weight is 715 g/mol. The highest BCUT2D eigenvalue weighted by molar-refractivity contribution is 6.14. The number of benzene rings is 6. The molecule has 0 aromatic heterocycles. The van der Waals surface area contributed by atoms with Gasteiger partial charge in [-0.25, -0.2) is 0 Å². The van der Waals surface area contributed by atoms with E-state index >= 15 is 0 Å². The van der Waals surface area contributed by atoms with Crippen molar-refractivity contribution in [3.63, 3.8) is 0 Å². The Balaban J connectivity index is 1.85. The maximum Gasteiger partial charge on any atom is 0.188 e. The van der Waals surface area contributed by atoms with Crippen LogP contribution in [-0.4, -0.2) is 56.0 Å². The molecule has 0 atom stereocenters. The summed E-state index contributed by atoms with van der Waals surface area (Å²) in [6, 6.07) is 40.6. The molecule has 0 bridgehead atoms. The Labute approximate surface area is 316 Å². The number of nitriles is 2. The molecule has 0 aliphatic rings. The van der Waals surface area contributed by atoms with E-state index in [-0.39, 0.29) is 13.6 Å². The summed E-state index contributed by atoms with van der Waals surface area (Å²) in [4.78, 5) is 4.11. The Kier molecular flexibility index (Phi) is 11.6. The van der Waals surface area contributed by atoms with Crippen molar-refractivity contribution in [2.45, 2.75) is 0 Å². The van der Waals surface area contributed by atoms with Crippen molar-refractivity contribution in [3.05, 3.63) is 131 Å². The Morgan fingerprint density at radius 3 is 1.28 bits per heavy atom. The molecule has 270 valence electrons. The molecule has 8 nitrogen and oxygen atoms in total. The monoisotopic (exact) mass is 714 g/mol. The molecular formula is C46H42N4O4. The molecule has 6 rings (SSSR count). The van der Waals surface area contributed by atoms with Crippen LogP contribution in [0.15, 0.2) is 109 Å². The van der Waals surface area contributed by atoms with Crippen LogP contribution in [0.4, 0.5) is 11.4 Å². The lowest BCUT2D eigenvalue weighted by Gasteiger charge is -2.24. The zero-order valence-electron chi connectivity index (χ0n) is 31.4. The number of hydrogen-bond acceptors (Lipinski definition) is 8. The molecular weight excluding hydrogens is 673 g/mol. The van der Waals surface area contributed by atoms with Gasteiger partial charge in [-0.15, -0.1) is 0 Å². The molecule has 0 N–H and O–H groups in total. The number of rotatable bonds is 13. The third kappa shape index (κ3) is 7.77. The summed E-state index contributed by atoms with van der Waals surface area (Å²) in [5.41, 5.74) is 7.33. The van der Waals surface area contributed by atoms with Crippen molar-refractivity contribution in [1.29, 1.82) is 10.5 Å². The van der Waals surface area contributed by atoms with E-state index in [1.165, 1.54) is 0 Å². The molecule has 0 radical (unpaired) electrons. The van der Waals surface area contributed by atoms with Crippen LogP contribution >= 0.6 is 0 Å². The summed E-state index contributed by atoms with van der Waals surface area (Å²) in [6.07, 6.45) is 3.72. The van der Waals surface area contributed by atoms with Gasteiger partial charge in [0, 0.05) is 76.0 Å². The van der Waals surface area contributed by atoms with Crippen LogP contribution < -0.4 is 19.3 Å². The van der Waals surface area contributed by atoms with Crippen LogP contribution in [0.1, 0.15) is 22.3 Å². The second-order valence-corrected chi connectivity index (χ2v) is 13.1. The molecule has 54 heavy (non-hydrogen) atoms. The maximum absolute atomic E-state index is 10.4. The zero-order chi connectivity index (χ0) is 38.2. The van der Waals surface area contributed by atoms with Crippen LogP contribution in [-0.2, 0) is 9.47 Å². The van der Waals surface area contributed by atoms with Gasteiger partial charge in [0.1, 0.15) is 11.5 Å². The molecule has 0 amide bonds. The summed E-state index contributed by atoms with van der Waals surface area (Å²) in [5.74, 6) is 1.01. The second-order valence-electron chi connectivity index (χ2n) is 13.1. The Hall–Kier alpha value is -6.58. The Morgan fingerprint density at radius 1 is 0.556 bits per heavy atom. The zero-order valence-corrected chi connectivity index (χ0v) is 31.4. The predicted octanol–water partition coefficient (Wildman–Crippen LogP) is 9.89. The maximum atomic E-state index is 10.4. The summed E-state index contributed by atoms with van der Waals surface area (Å²) < 4.78 is 24.3. The first-order chi connectivity index (χ1) is 26.3. The van der Waals surface area contributed by atoms with E-state index in [9.17, 15) is 10.5 Å². The number of hydrogen-bond donors (Lipinski definition) is 0. The fraction of sp³-hybridized carbons (Fsp3) is 0.174. The van der Waals surface area contributed by atoms with Crippen molar-refractivity contribution in [3.8, 4) is 34.8 Å². The molecule has 0 heterocycles. The van der Waals surface area contributed by atoms with Gasteiger partial charge in [-0.3, -0.25) is 0 Å². The van der Waals surface area contributed by atoms with Gasteiger partial charge in [-0.1, -0.05) is 72.8 Å². The second kappa shape index (κ2) is 16.8. The van der Waals surface area contributed by atoms with E-state index in [0.29, 0.717) is 33.8 Å². The van der Waals surface area contributed by atoms with E-state index < -0.39 is 0 Å². The molecule has 8 heteroatoms. The van der Waals surface area contributed by atoms with Crippen molar-refractivity contribution in [2.75, 3.05) is 65.8 Å². The average Bonchev–Trinajstić information content (AvgIpc) is 3.20. The molecule has 0 fully saturated rings.